The smallest absolute Gasteiger partial charge is 0.160 e. The van der Waals surface area contributed by atoms with Gasteiger partial charge in [0.2, 0.25) is 0 Å². The molecule has 0 saturated carbocycles. The molecule has 0 fully saturated rings. The van der Waals surface area contributed by atoms with Crippen molar-refractivity contribution >= 4 is 180 Å². The molecule has 0 unspecified atom stereocenters. The van der Waals surface area contributed by atoms with Crippen molar-refractivity contribution in [1.82, 2.24) is 29.9 Å². The number of fused-ring (bicyclic) bond motifs is 14. The minimum Gasteiger partial charge on any atom is -0.228 e. The summed E-state index contributed by atoms with van der Waals surface area (Å²) in [6.45, 7) is 0. The van der Waals surface area contributed by atoms with Crippen molar-refractivity contribution in [2.45, 2.75) is 0 Å². The van der Waals surface area contributed by atoms with Gasteiger partial charge in [-0.1, -0.05) is 322 Å². The fourth-order valence-corrected chi connectivity index (χ4v) is 26.3. The van der Waals surface area contributed by atoms with Gasteiger partial charge in [0.05, 0.1) is 48.8 Å². The molecule has 0 bridgehead atoms. The molecule has 0 saturated heterocycles. The summed E-state index contributed by atoms with van der Waals surface area (Å²) in [5.74, 6) is 2.03. The molecule has 134 heavy (non-hydrogen) atoms. The number of thiophene rings is 6. The van der Waals surface area contributed by atoms with Gasteiger partial charge < -0.3 is 0 Å². The van der Waals surface area contributed by atoms with Gasteiger partial charge in [0, 0.05) is 108 Å². The quantitative estimate of drug-likeness (QED) is 0.0952. The van der Waals surface area contributed by atoms with E-state index < -0.39 is 0 Å². The van der Waals surface area contributed by atoms with Crippen LogP contribution in [-0.4, -0.2) is 29.9 Å². The molecule has 0 N–H and O–H groups in total. The summed E-state index contributed by atoms with van der Waals surface area (Å²) in [4.78, 5) is 36.5. The molecule has 9 heterocycles. The van der Waals surface area contributed by atoms with E-state index in [1.54, 1.807) is 34.0 Å². The largest absolute Gasteiger partial charge is 0.228 e. The van der Waals surface area contributed by atoms with Gasteiger partial charge in [0.1, 0.15) is 0 Å². The maximum absolute atomic E-state index is 5.64. The fourth-order valence-electron chi connectivity index (χ4n) is 19.8. The van der Waals surface area contributed by atoms with Gasteiger partial charge in [-0.3, -0.25) is 0 Å². The highest BCUT2D eigenvalue weighted by molar-refractivity contribution is 7.27. The van der Waals surface area contributed by atoms with Crippen LogP contribution in [0.1, 0.15) is 0 Å². The van der Waals surface area contributed by atoms with Crippen molar-refractivity contribution < 1.29 is 0 Å². The zero-order valence-electron chi connectivity index (χ0n) is 71.5. The van der Waals surface area contributed by atoms with Gasteiger partial charge in [-0.05, 0) is 208 Å². The molecule has 0 amide bonds. The standard InChI is InChI=1S/C122H70N6S6/c1-4-23-71(24-5-1)76-49-54-86(98(60-76)101-70-104(114-62-79-29-10-19-39-105(79)129-114)128-122(125-101)82-51-56-92-90-33-18-21-41-108(90)132-112(92)65-82)77-53-58-106-84(59-77)67-116(130-106)103-69-100(88-31-12-11-30-85(88)72-25-6-2-7-26-72)124-121(127-103)83-52-57-97-113(66-83)133-109-42-22-38-87(119(97)109)78-47-48-80-63-115(134-110(80)61-78)102-68-99(123-120(126-102)81-50-55-91-89-32-17-20-40-107(89)131-111(91)64-81)73-43-45-75(46-44-73)118-95-36-15-13-34-93(95)117(74-27-8-3-9-28-74)94-35-14-16-37-96(94)118/h1-70H. The lowest BCUT2D eigenvalue weighted by atomic mass is 9.86. The van der Waals surface area contributed by atoms with Gasteiger partial charge in [0.25, 0.3) is 0 Å². The predicted molar refractivity (Wildman–Crippen MR) is 575 cm³/mol. The van der Waals surface area contributed by atoms with Crippen LogP contribution in [0.2, 0.25) is 0 Å². The Morgan fingerprint density at radius 3 is 1.10 bits per heavy atom. The molecule has 0 atom stereocenters. The second-order valence-electron chi connectivity index (χ2n) is 34.2. The van der Waals surface area contributed by atoms with Crippen LogP contribution >= 0.6 is 68.0 Å². The van der Waals surface area contributed by atoms with Crippen molar-refractivity contribution in [1.29, 1.82) is 0 Å². The summed E-state index contributed by atoms with van der Waals surface area (Å²) in [6, 6.07) is 155. The van der Waals surface area contributed by atoms with E-state index in [1.807, 2.05) is 34.0 Å². The zero-order chi connectivity index (χ0) is 88.0. The Labute approximate surface area is 794 Å². The fraction of sp³-hybridized carbons (Fsp3) is 0. The lowest BCUT2D eigenvalue weighted by Gasteiger charge is -2.18. The maximum atomic E-state index is 5.64. The lowest BCUT2D eigenvalue weighted by Crippen LogP contribution is -1.97. The molecular weight excluding hydrogens is 1740 g/mol. The number of benzene rings is 18. The minimum atomic E-state index is 0.657. The third-order valence-corrected chi connectivity index (χ3v) is 33.0. The number of hydrogen-bond acceptors (Lipinski definition) is 12. The van der Waals surface area contributed by atoms with E-state index in [0.29, 0.717) is 17.5 Å². The van der Waals surface area contributed by atoms with Gasteiger partial charge in [-0.25, -0.2) is 29.9 Å². The zero-order valence-corrected chi connectivity index (χ0v) is 76.4. The Balaban J connectivity index is 0.548. The van der Waals surface area contributed by atoms with Crippen molar-refractivity contribution in [3.05, 3.63) is 425 Å². The van der Waals surface area contributed by atoms with Crippen LogP contribution in [0, 0.1) is 0 Å². The predicted octanol–water partition coefficient (Wildman–Crippen LogP) is 36.1. The molecule has 0 radical (unpaired) electrons. The van der Waals surface area contributed by atoms with Crippen molar-refractivity contribution in [3.63, 3.8) is 0 Å². The number of nitrogens with zero attached hydrogens (tertiary/aromatic N) is 6. The van der Waals surface area contributed by atoms with Crippen molar-refractivity contribution in [2.24, 2.45) is 0 Å². The molecule has 9 aromatic heterocycles. The van der Waals surface area contributed by atoms with Gasteiger partial charge in [-0.15, -0.1) is 68.0 Å². The van der Waals surface area contributed by atoms with Crippen LogP contribution in [0.5, 0.6) is 0 Å². The number of aromatic nitrogens is 6. The van der Waals surface area contributed by atoms with E-state index in [1.165, 1.54) is 114 Å². The SMILES string of the molecule is c1ccc(-c2ccc(-c3ccc4sc(-c5cc(-c6ccccc6-c6ccccc6)nc(-c6ccc7c(c6)sc6cccc(-c8ccc9cc(-c%10cc(-c%11ccc(-c%12c%13ccccc%13c(-c%13ccccc%13)c%13ccccc%12%13)cc%11)nc(-c%11ccc%12c(c%11)sc%11ccccc%11%12)n%10)sc9c8)c67)n5)cc4c3)c(-c3cc(-c4cc5ccccc5s4)nc(-c4ccc5c(c4)sc4ccccc45)n3)c2)cc1. The molecule has 27 aromatic rings. The maximum Gasteiger partial charge on any atom is 0.160 e. The molecule has 12 heteroatoms. The van der Waals surface area contributed by atoms with E-state index >= 15 is 0 Å². The van der Waals surface area contributed by atoms with Crippen LogP contribution in [0.3, 0.4) is 0 Å². The molecular formula is C122H70N6S6. The van der Waals surface area contributed by atoms with E-state index in [2.05, 4.69) is 425 Å². The number of rotatable bonds is 15. The second kappa shape index (κ2) is 32.1. The Morgan fingerprint density at radius 1 is 0.142 bits per heavy atom. The Morgan fingerprint density at radius 2 is 0.507 bits per heavy atom. The summed E-state index contributed by atoms with van der Waals surface area (Å²) in [7, 11) is 0. The molecule has 0 aliphatic rings. The average molecular weight is 1810 g/mol. The topological polar surface area (TPSA) is 77.3 Å². The summed E-state index contributed by atoms with van der Waals surface area (Å²) < 4.78 is 10.9. The highest BCUT2D eigenvalue weighted by Crippen LogP contribution is 2.51. The van der Waals surface area contributed by atoms with Crippen molar-refractivity contribution in [3.8, 4) is 166 Å². The molecule has 27 rings (SSSR count). The van der Waals surface area contributed by atoms with Crippen LogP contribution in [0.4, 0.5) is 0 Å². The molecule has 0 spiro atoms. The average Bonchev–Trinajstić information content (AvgIpc) is 1.37. The molecule has 624 valence electrons. The first-order valence-corrected chi connectivity index (χ1v) is 49.7. The van der Waals surface area contributed by atoms with Crippen LogP contribution in [0.25, 0.3) is 279 Å². The first-order valence-electron chi connectivity index (χ1n) is 44.8. The van der Waals surface area contributed by atoms with Gasteiger partial charge >= 0.3 is 0 Å². The monoisotopic (exact) mass is 1810 g/mol. The normalized spacial score (nSPS) is 11.9. The number of hydrogen-bond donors (Lipinski definition) is 0. The van der Waals surface area contributed by atoms with Crippen molar-refractivity contribution in [2.75, 3.05) is 0 Å². The third kappa shape index (κ3) is 13.7. The summed E-state index contributed by atoms with van der Waals surface area (Å²) in [5.41, 5.74) is 24.9. The molecule has 0 aliphatic carbocycles. The van der Waals surface area contributed by atoms with E-state index in [-0.39, 0.29) is 0 Å². The third-order valence-electron chi connectivity index (χ3n) is 26.2. The molecule has 18 aromatic carbocycles. The Bertz CT molecular complexity index is 9380. The Kier molecular flexibility index (Phi) is 18.7. The summed E-state index contributed by atoms with van der Waals surface area (Å²) in [6.07, 6.45) is 0. The van der Waals surface area contributed by atoms with E-state index in [4.69, 9.17) is 29.9 Å². The first-order chi connectivity index (χ1) is 66.3. The minimum absolute atomic E-state index is 0.657. The Hall–Kier alpha value is -15.7. The highest BCUT2D eigenvalue weighted by Gasteiger charge is 2.26. The summed E-state index contributed by atoms with van der Waals surface area (Å²) >= 11 is 10.8. The summed E-state index contributed by atoms with van der Waals surface area (Å²) in [5, 5.41) is 15.8. The highest BCUT2D eigenvalue weighted by atomic mass is 32.1. The lowest BCUT2D eigenvalue weighted by molar-refractivity contribution is 1.19. The second-order valence-corrected chi connectivity index (χ2v) is 40.7. The molecule has 6 nitrogen and oxygen atoms in total. The first kappa shape index (κ1) is 78.1. The van der Waals surface area contributed by atoms with E-state index in [9.17, 15) is 0 Å². The van der Waals surface area contributed by atoms with Crippen LogP contribution in [-0.2, 0) is 0 Å². The van der Waals surface area contributed by atoms with Gasteiger partial charge in [0.15, 0.2) is 17.5 Å². The molecule has 0 aliphatic heterocycles. The van der Waals surface area contributed by atoms with Crippen LogP contribution in [0.15, 0.2) is 425 Å². The van der Waals surface area contributed by atoms with E-state index in [0.717, 1.165) is 147 Å². The van der Waals surface area contributed by atoms with Crippen LogP contribution < -0.4 is 0 Å². The van der Waals surface area contributed by atoms with Gasteiger partial charge in [-0.2, -0.15) is 0 Å².